The SMILES string of the molecule is CC(C)(C)CC(C)(C)c1ccc(N(c2ccc(C(C)(C)CC(C)(C)C)cc2)N(c2ccc(C(C)(C)CC(C)(C)C)cc2)c2ccc(C(C)(C)CC(C)(C)C)cc2)cc1. The predicted molar refractivity (Wildman–Crippen MR) is 258 cm³/mol. The second kappa shape index (κ2) is 16.5. The van der Waals surface area contributed by atoms with E-state index in [0.29, 0.717) is 0 Å². The number of nitrogens with zero attached hydrogens (tertiary/aromatic N) is 2. The molecule has 58 heavy (non-hydrogen) atoms. The summed E-state index contributed by atoms with van der Waals surface area (Å²) in [5.41, 5.74) is 11.1. The zero-order valence-corrected chi connectivity index (χ0v) is 41.0. The van der Waals surface area contributed by atoms with Crippen LogP contribution in [0, 0.1) is 21.7 Å². The highest BCUT2D eigenvalue weighted by atomic mass is 15.6. The topological polar surface area (TPSA) is 6.48 Å². The van der Waals surface area contributed by atoms with Gasteiger partial charge >= 0.3 is 0 Å². The summed E-state index contributed by atoms with van der Waals surface area (Å²) in [7, 11) is 0. The van der Waals surface area contributed by atoms with Gasteiger partial charge in [0.15, 0.2) is 0 Å². The number of rotatable bonds is 13. The highest BCUT2D eigenvalue weighted by Crippen LogP contribution is 2.44. The van der Waals surface area contributed by atoms with Gasteiger partial charge in [0.2, 0.25) is 0 Å². The van der Waals surface area contributed by atoms with Crippen molar-refractivity contribution in [2.45, 2.75) is 186 Å². The largest absolute Gasteiger partial charge is 0.249 e. The maximum absolute atomic E-state index is 2.44. The number of hydrogen-bond donors (Lipinski definition) is 0. The van der Waals surface area contributed by atoms with Gasteiger partial charge in [0, 0.05) is 0 Å². The molecule has 0 saturated heterocycles. The van der Waals surface area contributed by atoms with Crippen LogP contribution < -0.4 is 10.0 Å². The number of hydrogen-bond acceptors (Lipinski definition) is 2. The number of benzene rings is 4. The molecular weight excluding hydrogens is 701 g/mol. The van der Waals surface area contributed by atoms with Gasteiger partial charge in [0.05, 0.1) is 22.7 Å². The molecule has 0 aromatic heterocycles. The average molecular weight is 785 g/mol. The Bertz CT molecular complexity index is 1620. The van der Waals surface area contributed by atoms with E-state index >= 15 is 0 Å². The standard InChI is InChI=1S/C56H84N2/c1-49(2,3)37-53(13,14)41-21-29-45(30-22-41)57(46-31-23-42(24-32-46)54(15,16)38-50(4,5)6)58(47-33-25-43(26-34-47)55(17,18)39-51(7,8)9)48-35-27-44(28-36-48)56(19,20)40-52(10,11)12/h21-36H,37-40H2,1-20H3. The fourth-order valence-electron chi connectivity index (χ4n) is 10.7. The summed E-state index contributed by atoms with van der Waals surface area (Å²) in [6, 6.07) is 37.6. The van der Waals surface area contributed by atoms with Crippen LogP contribution in [0.15, 0.2) is 97.1 Å². The van der Waals surface area contributed by atoms with Gasteiger partial charge in [-0.15, -0.1) is 0 Å². The number of hydrazine groups is 1. The van der Waals surface area contributed by atoms with Gasteiger partial charge in [-0.2, -0.15) is 0 Å². The van der Waals surface area contributed by atoms with Crippen molar-refractivity contribution in [3.63, 3.8) is 0 Å². The first kappa shape index (κ1) is 47.2. The van der Waals surface area contributed by atoms with Gasteiger partial charge in [-0.25, -0.2) is 10.0 Å². The Morgan fingerprint density at radius 1 is 0.241 bits per heavy atom. The molecule has 4 rings (SSSR count). The highest BCUT2D eigenvalue weighted by molar-refractivity contribution is 5.78. The van der Waals surface area contributed by atoms with Crippen molar-refractivity contribution >= 4 is 22.7 Å². The molecule has 0 aliphatic rings. The van der Waals surface area contributed by atoms with E-state index in [9.17, 15) is 0 Å². The normalized spacial score (nSPS) is 13.8. The molecular formula is C56H84N2. The molecule has 0 spiro atoms. The van der Waals surface area contributed by atoms with Crippen LogP contribution in [0.4, 0.5) is 22.7 Å². The molecule has 0 heterocycles. The first-order valence-corrected chi connectivity index (χ1v) is 22.2. The predicted octanol–water partition coefficient (Wildman–Crippen LogP) is 17.4. The van der Waals surface area contributed by atoms with Crippen molar-refractivity contribution in [1.82, 2.24) is 0 Å². The third-order valence-electron chi connectivity index (χ3n) is 11.7. The Morgan fingerprint density at radius 3 is 0.500 bits per heavy atom. The van der Waals surface area contributed by atoms with E-state index in [1.165, 1.54) is 22.3 Å². The quantitative estimate of drug-likeness (QED) is 0.125. The summed E-state index contributed by atoms with van der Waals surface area (Å²) in [5, 5.41) is 4.87. The third kappa shape index (κ3) is 12.7. The lowest BCUT2D eigenvalue weighted by Gasteiger charge is -2.40. The monoisotopic (exact) mass is 785 g/mol. The highest BCUT2D eigenvalue weighted by Gasteiger charge is 2.32. The maximum atomic E-state index is 2.44. The lowest BCUT2D eigenvalue weighted by Crippen LogP contribution is -2.36. The third-order valence-corrected chi connectivity index (χ3v) is 11.7. The summed E-state index contributed by atoms with van der Waals surface area (Å²) < 4.78 is 0. The van der Waals surface area contributed by atoms with Crippen LogP contribution in [0.5, 0.6) is 0 Å². The smallest absolute Gasteiger partial charge is 0.0637 e. The van der Waals surface area contributed by atoms with Crippen molar-refractivity contribution in [3.8, 4) is 0 Å². The van der Waals surface area contributed by atoms with Crippen LogP contribution in [0.25, 0.3) is 0 Å². The van der Waals surface area contributed by atoms with Crippen molar-refractivity contribution in [2.24, 2.45) is 21.7 Å². The Kier molecular flexibility index (Phi) is 13.4. The van der Waals surface area contributed by atoms with Crippen LogP contribution in [-0.4, -0.2) is 0 Å². The molecule has 4 aromatic rings. The minimum atomic E-state index is 0.0486. The molecule has 0 fully saturated rings. The van der Waals surface area contributed by atoms with Crippen molar-refractivity contribution in [3.05, 3.63) is 119 Å². The van der Waals surface area contributed by atoms with Gasteiger partial charge in [0.25, 0.3) is 0 Å². The van der Waals surface area contributed by atoms with E-state index < -0.39 is 0 Å². The van der Waals surface area contributed by atoms with Crippen molar-refractivity contribution in [1.29, 1.82) is 0 Å². The van der Waals surface area contributed by atoms with Gasteiger partial charge < -0.3 is 0 Å². The minimum Gasteiger partial charge on any atom is -0.249 e. The summed E-state index contributed by atoms with van der Waals surface area (Å²) in [6.07, 6.45) is 4.43. The second-order valence-electron chi connectivity index (χ2n) is 25.3. The Morgan fingerprint density at radius 2 is 0.379 bits per heavy atom. The molecule has 0 unspecified atom stereocenters. The van der Waals surface area contributed by atoms with E-state index in [2.05, 4.69) is 246 Å². The van der Waals surface area contributed by atoms with E-state index in [0.717, 1.165) is 48.4 Å². The Labute approximate surface area is 358 Å². The maximum Gasteiger partial charge on any atom is 0.0637 e. The van der Waals surface area contributed by atoms with Crippen LogP contribution in [0.2, 0.25) is 0 Å². The fraction of sp³-hybridized carbons (Fsp3) is 0.571. The van der Waals surface area contributed by atoms with Crippen LogP contribution in [-0.2, 0) is 21.7 Å². The molecule has 0 bridgehead atoms. The zero-order valence-electron chi connectivity index (χ0n) is 41.0. The molecule has 0 aliphatic heterocycles. The molecule has 2 nitrogen and oxygen atoms in total. The molecule has 2 heteroatoms. The summed E-state index contributed by atoms with van der Waals surface area (Å²) >= 11 is 0. The van der Waals surface area contributed by atoms with E-state index in [-0.39, 0.29) is 43.3 Å². The molecule has 0 N–H and O–H groups in total. The van der Waals surface area contributed by atoms with Crippen molar-refractivity contribution in [2.75, 3.05) is 10.0 Å². The molecule has 0 radical (unpaired) electrons. The van der Waals surface area contributed by atoms with Gasteiger partial charge in [-0.1, -0.05) is 187 Å². The van der Waals surface area contributed by atoms with Crippen LogP contribution in [0.3, 0.4) is 0 Å². The summed E-state index contributed by atoms with van der Waals surface area (Å²) in [6.45, 7) is 47.3. The van der Waals surface area contributed by atoms with E-state index in [4.69, 9.17) is 0 Å². The molecule has 4 aromatic carbocycles. The molecule has 0 saturated carbocycles. The van der Waals surface area contributed by atoms with Crippen molar-refractivity contribution < 1.29 is 0 Å². The zero-order chi connectivity index (χ0) is 43.9. The summed E-state index contributed by atoms with van der Waals surface area (Å²) in [4.78, 5) is 0. The Hall–Kier alpha value is -3.52. The average Bonchev–Trinajstić information content (AvgIpc) is 3.03. The number of anilines is 4. The molecule has 0 atom stereocenters. The first-order valence-electron chi connectivity index (χ1n) is 22.2. The molecule has 0 amide bonds. The second-order valence-corrected chi connectivity index (χ2v) is 25.3. The molecule has 0 aliphatic carbocycles. The lowest BCUT2D eigenvalue weighted by atomic mass is 9.72. The van der Waals surface area contributed by atoms with E-state index in [1.807, 2.05) is 0 Å². The van der Waals surface area contributed by atoms with Crippen LogP contribution >= 0.6 is 0 Å². The lowest BCUT2D eigenvalue weighted by molar-refractivity contribution is 0.283. The molecule has 318 valence electrons. The van der Waals surface area contributed by atoms with Gasteiger partial charge in [0.1, 0.15) is 0 Å². The van der Waals surface area contributed by atoms with Gasteiger partial charge in [-0.05, 0) is 140 Å². The van der Waals surface area contributed by atoms with Gasteiger partial charge in [-0.3, -0.25) is 0 Å². The first-order chi connectivity index (χ1) is 26.2. The summed E-state index contributed by atoms with van der Waals surface area (Å²) in [5.74, 6) is 0. The van der Waals surface area contributed by atoms with E-state index in [1.54, 1.807) is 0 Å². The fourth-order valence-corrected chi connectivity index (χ4v) is 10.7. The minimum absolute atomic E-state index is 0.0486. The Balaban J connectivity index is 1.97. The van der Waals surface area contributed by atoms with Crippen LogP contribution in [0.1, 0.15) is 186 Å².